The van der Waals surface area contributed by atoms with Gasteiger partial charge in [0.15, 0.2) is 0 Å². The highest BCUT2D eigenvalue weighted by molar-refractivity contribution is 7.99. The minimum Gasteiger partial charge on any atom is -0.325 e. The number of carbonyl (C=O) groups is 2. The predicted octanol–water partition coefficient (Wildman–Crippen LogP) is 4.31. The van der Waals surface area contributed by atoms with Gasteiger partial charge in [0, 0.05) is 23.4 Å². The van der Waals surface area contributed by atoms with Gasteiger partial charge < -0.3 is 10.6 Å². The SMILES string of the molecule is CC(=O)Nc1cc(NC(=O)CSCc2cccc(Cl)c2)ccc1F. The molecule has 24 heavy (non-hydrogen) atoms. The number of carbonyl (C=O) groups excluding carboxylic acids is 2. The Bertz CT molecular complexity index is 755. The van der Waals surface area contributed by atoms with Crippen LogP contribution in [0.2, 0.25) is 5.02 Å². The topological polar surface area (TPSA) is 58.2 Å². The molecular weight excluding hydrogens is 351 g/mol. The highest BCUT2D eigenvalue weighted by Crippen LogP contribution is 2.21. The lowest BCUT2D eigenvalue weighted by Crippen LogP contribution is -2.15. The number of halogens is 2. The van der Waals surface area contributed by atoms with Crippen LogP contribution < -0.4 is 10.6 Å². The van der Waals surface area contributed by atoms with Crippen LogP contribution in [0, 0.1) is 5.82 Å². The largest absolute Gasteiger partial charge is 0.325 e. The van der Waals surface area contributed by atoms with Crippen molar-refractivity contribution in [3.8, 4) is 0 Å². The van der Waals surface area contributed by atoms with E-state index in [-0.39, 0.29) is 23.3 Å². The summed E-state index contributed by atoms with van der Waals surface area (Å²) in [5.74, 6) is -0.233. The summed E-state index contributed by atoms with van der Waals surface area (Å²) in [4.78, 5) is 23.0. The van der Waals surface area contributed by atoms with Gasteiger partial charge in [-0.25, -0.2) is 4.39 Å². The standard InChI is InChI=1S/C17H16ClFN2O2S/c1-11(22)20-16-8-14(5-6-15(16)19)21-17(23)10-24-9-12-3-2-4-13(18)7-12/h2-8H,9-10H2,1H3,(H,20,22)(H,21,23). The van der Waals surface area contributed by atoms with Crippen molar-refractivity contribution in [3.05, 3.63) is 58.9 Å². The zero-order valence-corrected chi connectivity index (χ0v) is 14.5. The summed E-state index contributed by atoms with van der Waals surface area (Å²) in [5, 5.41) is 5.71. The van der Waals surface area contributed by atoms with Crippen LogP contribution in [0.3, 0.4) is 0 Å². The molecule has 0 spiro atoms. The molecule has 2 amide bonds. The molecule has 0 saturated carbocycles. The molecule has 0 atom stereocenters. The molecule has 4 nitrogen and oxygen atoms in total. The third-order valence-corrected chi connectivity index (χ3v) is 4.19. The summed E-state index contributed by atoms with van der Waals surface area (Å²) >= 11 is 7.35. The summed E-state index contributed by atoms with van der Waals surface area (Å²) in [5.41, 5.74) is 1.50. The van der Waals surface area contributed by atoms with Crippen LogP contribution in [0.1, 0.15) is 12.5 Å². The number of anilines is 2. The zero-order chi connectivity index (χ0) is 17.5. The van der Waals surface area contributed by atoms with Crippen LogP contribution in [0.5, 0.6) is 0 Å². The molecular formula is C17H16ClFN2O2S. The Kier molecular flexibility index (Phi) is 6.63. The van der Waals surface area contributed by atoms with Gasteiger partial charge in [0.05, 0.1) is 11.4 Å². The Morgan fingerprint density at radius 2 is 1.96 bits per heavy atom. The second-order valence-electron chi connectivity index (χ2n) is 5.05. The number of thioether (sulfide) groups is 1. The number of hydrogen-bond acceptors (Lipinski definition) is 3. The predicted molar refractivity (Wildman–Crippen MR) is 96.9 cm³/mol. The summed E-state index contributed by atoms with van der Waals surface area (Å²) < 4.78 is 13.5. The second-order valence-corrected chi connectivity index (χ2v) is 6.47. The van der Waals surface area contributed by atoms with Gasteiger partial charge in [-0.15, -0.1) is 11.8 Å². The molecule has 0 heterocycles. The van der Waals surface area contributed by atoms with Crippen molar-refractivity contribution in [1.82, 2.24) is 0 Å². The maximum atomic E-state index is 13.5. The first-order valence-electron chi connectivity index (χ1n) is 7.13. The van der Waals surface area contributed by atoms with Crippen molar-refractivity contribution < 1.29 is 14.0 Å². The minimum atomic E-state index is -0.557. The van der Waals surface area contributed by atoms with Crippen molar-refractivity contribution in [2.24, 2.45) is 0 Å². The number of hydrogen-bond donors (Lipinski definition) is 2. The van der Waals surface area contributed by atoms with Gasteiger partial charge in [-0.2, -0.15) is 0 Å². The van der Waals surface area contributed by atoms with Crippen LogP contribution >= 0.6 is 23.4 Å². The van der Waals surface area contributed by atoms with E-state index in [4.69, 9.17) is 11.6 Å². The van der Waals surface area contributed by atoms with Gasteiger partial charge in [0.1, 0.15) is 5.82 Å². The van der Waals surface area contributed by atoms with E-state index >= 15 is 0 Å². The molecule has 0 aliphatic carbocycles. The minimum absolute atomic E-state index is 0.0341. The molecule has 0 radical (unpaired) electrons. The first-order valence-corrected chi connectivity index (χ1v) is 8.66. The van der Waals surface area contributed by atoms with E-state index < -0.39 is 5.82 Å². The van der Waals surface area contributed by atoms with E-state index in [0.29, 0.717) is 16.5 Å². The molecule has 0 aliphatic rings. The van der Waals surface area contributed by atoms with E-state index in [1.54, 1.807) is 6.07 Å². The average Bonchev–Trinajstić information content (AvgIpc) is 2.50. The van der Waals surface area contributed by atoms with E-state index in [1.165, 1.54) is 36.9 Å². The van der Waals surface area contributed by atoms with Crippen molar-refractivity contribution >= 4 is 46.6 Å². The number of rotatable bonds is 6. The third kappa shape index (κ3) is 5.86. The average molecular weight is 367 g/mol. The summed E-state index contributed by atoms with van der Waals surface area (Å²) in [7, 11) is 0. The number of nitrogens with one attached hydrogen (secondary N) is 2. The molecule has 0 aromatic heterocycles. The molecule has 2 N–H and O–H groups in total. The van der Waals surface area contributed by atoms with E-state index in [1.807, 2.05) is 18.2 Å². The summed E-state index contributed by atoms with van der Waals surface area (Å²) in [6.45, 7) is 1.29. The highest BCUT2D eigenvalue weighted by Gasteiger charge is 2.08. The fraction of sp³-hybridized carbons (Fsp3) is 0.176. The first-order chi connectivity index (χ1) is 11.4. The van der Waals surface area contributed by atoms with Crippen molar-refractivity contribution in [2.75, 3.05) is 16.4 Å². The molecule has 7 heteroatoms. The molecule has 2 aromatic carbocycles. The molecule has 0 bridgehead atoms. The Morgan fingerprint density at radius 3 is 2.67 bits per heavy atom. The van der Waals surface area contributed by atoms with Crippen LogP contribution in [-0.2, 0) is 15.3 Å². The lowest BCUT2D eigenvalue weighted by Gasteiger charge is -2.09. The first kappa shape index (κ1) is 18.3. The van der Waals surface area contributed by atoms with Gasteiger partial charge in [-0.1, -0.05) is 23.7 Å². The Hall–Kier alpha value is -2.05. The maximum absolute atomic E-state index is 13.5. The lowest BCUT2D eigenvalue weighted by molar-refractivity contribution is -0.114. The van der Waals surface area contributed by atoms with Crippen LogP contribution in [0.15, 0.2) is 42.5 Å². The fourth-order valence-electron chi connectivity index (χ4n) is 1.97. The number of amides is 2. The van der Waals surface area contributed by atoms with Gasteiger partial charge in [0.2, 0.25) is 11.8 Å². The number of benzene rings is 2. The van der Waals surface area contributed by atoms with Crippen molar-refractivity contribution in [1.29, 1.82) is 0 Å². The Balaban J connectivity index is 1.87. The quantitative estimate of drug-likeness (QED) is 0.800. The van der Waals surface area contributed by atoms with Gasteiger partial charge in [0.25, 0.3) is 0 Å². The van der Waals surface area contributed by atoms with Gasteiger partial charge >= 0.3 is 0 Å². The molecule has 2 aromatic rings. The monoisotopic (exact) mass is 366 g/mol. The summed E-state index contributed by atoms with van der Waals surface area (Å²) in [6.07, 6.45) is 0. The molecule has 2 rings (SSSR count). The second kappa shape index (κ2) is 8.70. The van der Waals surface area contributed by atoms with Crippen LogP contribution in [0.25, 0.3) is 0 Å². The zero-order valence-electron chi connectivity index (χ0n) is 12.9. The third-order valence-electron chi connectivity index (χ3n) is 2.95. The van der Waals surface area contributed by atoms with Crippen LogP contribution in [-0.4, -0.2) is 17.6 Å². The maximum Gasteiger partial charge on any atom is 0.234 e. The highest BCUT2D eigenvalue weighted by atomic mass is 35.5. The van der Waals surface area contributed by atoms with E-state index in [0.717, 1.165) is 5.56 Å². The molecule has 0 saturated heterocycles. The van der Waals surface area contributed by atoms with Gasteiger partial charge in [-0.3, -0.25) is 9.59 Å². The molecule has 0 aliphatic heterocycles. The smallest absolute Gasteiger partial charge is 0.234 e. The Labute approximate surface area is 148 Å². The Morgan fingerprint density at radius 1 is 1.17 bits per heavy atom. The van der Waals surface area contributed by atoms with Gasteiger partial charge in [-0.05, 0) is 35.9 Å². The fourth-order valence-corrected chi connectivity index (χ4v) is 2.96. The lowest BCUT2D eigenvalue weighted by atomic mass is 10.2. The van der Waals surface area contributed by atoms with Crippen molar-refractivity contribution in [2.45, 2.75) is 12.7 Å². The van der Waals surface area contributed by atoms with Crippen LogP contribution in [0.4, 0.5) is 15.8 Å². The van der Waals surface area contributed by atoms with E-state index in [9.17, 15) is 14.0 Å². The molecule has 126 valence electrons. The molecule has 0 fully saturated rings. The van der Waals surface area contributed by atoms with E-state index in [2.05, 4.69) is 10.6 Å². The van der Waals surface area contributed by atoms with Crippen molar-refractivity contribution in [3.63, 3.8) is 0 Å². The molecule has 0 unspecified atom stereocenters. The summed E-state index contributed by atoms with van der Waals surface area (Å²) in [6, 6.07) is 11.5. The normalized spacial score (nSPS) is 10.3.